The molecular weight excluding hydrogens is 414 g/mol. The number of ether oxygens (including phenoxy) is 2. The Kier molecular flexibility index (Phi) is 5.61. The first-order valence-corrected chi connectivity index (χ1v) is 10.9. The number of nitrogens with one attached hydrogen (secondary N) is 1. The number of rotatable bonds is 4. The molecule has 3 aromatic rings. The number of aromatic nitrogens is 3. The zero-order valence-corrected chi connectivity index (χ0v) is 18.0. The Hall–Kier alpha value is -2.90. The number of benzene rings is 1. The third-order valence-corrected chi connectivity index (χ3v) is 5.93. The van der Waals surface area contributed by atoms with E-state index in [1.807, 2.05) is 43.5 Å². The van der Waals surface area contributed by atoms with Crippen molar-refractivity contribution in [1.82, 2.24) is 15.0 Å². The fourth-order valence-electron chi connectivity index (χ4n) is 4.06. The van der Waals surface area contributed by atoms with Crippen molar-refractivity contribution in [2.75, 3.05) is 30.0 Å². The van der Waals surface area contributed by atoms with Crippen LogP contribution in [0, 0.1) is 6.92 Å². The second-order valence-corrected chi connectivity index (χ2v) is 8.21. The number of hydrogen-bond acceptors (Lipinski definition) is 7. The quantitative estimate of drug-likeness (QED) is 0.634. The van der Waals surface area contributed by atoms with Gasteiger partial charge in [0.05, 0.1) is 42.2 Å². The van der Waals surface area contributed by atoms with Gasteiger partial charge in [-0.2, -0.15) is 4.98 Å². The Bertz CT molecular complexity index is 1070. The third-order valence-electron chi connectivity index (χ3n) is 5.61. The summed E-state index contributed by atoms with van der Waals surface area (Å²) >= 11 is 6.43. The number of anilines is 3. The Morgan fingerprint density at radius 3 is 2.87 bits per heavy atom. The fourth-order valence-corrected chi connectivity index (χ4v) is 4.30. The number of aryl methyl sites for hydroxylation is 1. The summed E-state index contributed by atoms with van der Waals surface area (Å²) in [6.07, 6.45) is 5.57. The molecule has 8 heteroatoms. The minimum absolute atomic E-state index is 0.105. The van der Waals surface area contributed by atoms with Gasteiger partial charge < -0.3 is 19.7 Å². The highest BCUT2D eigenvalue weighted by molar-refractivity contribution is 6.33. The number of fused-ring (bicyclic) bond motifs is 1. The average molecular weight is 438 g/mol. The molecule has 2 atom stereocenters. The minimum Gasteiger partial charge on any atom is -0.486 e. The number of para-hydroxylation sites is 1. The monoisotopic (exact) mass is 437 g/mol. The zero-order valence-electron chi connectivity index (χ0n) is 17.3. The summed E-state index contributed by atoms with van der Waals surface area (Å²) in [6, 6.07) is 12.0. The summed E-state index contributed by atoms with van der Waals surface area (Å²) in [6.45, 7) is 3.82. The topological polar surface area (TPSA) is 72.4 Å². The molecule has 7 nitrogen and oxygen atoms in total. The van der Waals surface area contributed by atoms with E-state index < -0.39 is 0 Å². The van der Waals surface area contributed by atoms with E-state index >= 15 is 0 Å². The maximum atomic E-state index is 6.43. The summed E-state index contributed by atoms with van der Waals surface area (Å²) in [5.74, 6) is 1.94. The number of halogens is 1. The average Bonchev–Trinajstić information content (AvgIpc) is 2.80. The molecule has 0 amide bonds. The van der Waals surface area contributed by atoms with Gasteiger partial charge >= 0.3 is 0 Å². The standard InChI is InChI=1S/C23H24ClN5O2/c1-15-12-16(8-9-25-15)20-7-6-17(14-31-20)27-23-26-13-21-22(28-23)29(10-11-30-21)19-5-3-2-4-18(19)24/h2-5,8-9,12-13,17,20H,6-7,10-11,14H2,1H3,(H,26,27,28)/t17-,20+/m1/s1. The van der Waals surface area contributed by atoms with Gasteiger partial charge in [-0.3, -0.25) is 4.98 Å². The molecule has 1 aromatic carbocycles. The summed E-state index contributed by atoms with van der Waals surface area (Å²) in [5, 5.41) is 4.11. The molecule has 0 unspecified atom stereocenters. The number of hydrogen-bond donors (Lipinski definition) is 1. The Morgan fingerprint density at radius 1 is 1.16 bits per heavy atom. The highest BCUT2D eigenvalue weighted by Crippen LogP contribution is 2.38. The van der Waals surface area contributed by atoms with Crippen LogP contribution in [0.25, 0.3) is 0 Å². The molecule has 0 bridgehead atoms. The van der Waals surface area contributed by atoms with E-state index in [0.717, 1.165) is 30.0 Å². The molecule has 0 aliphatic carbocycles. The number of nitrogens with zero attached hydrogens (tertiary/aromatic N) is 4. The van der Waals surface area contributed by atoms with Gasteiger partial charge in [-0.15, -0.1) is 0 Å². The molecule has 0 radical (unpaired) electrons. The molecule has 1 fully saturated rings. The zero-order chi connectivity index (χ0) is 21.2. The lowest BCUT2D eigenvalue weighted by Crippen LogP contribution is -2.33. The molecule has 0 spiro atoms. The Labute approximate surface area is 186 Å². The van der Waals surface area contributed by atoms with E-state index in [4.69, 9.17) is 26.1 Å². The van der Waals surface area contributed by atoms with Gasteiger partial charge in [-0.25, -0.2) is 4.98 Å². The van der Waals surface area contributed by atoms with E-state index in [-0.39, 0.29) is 12.1 Å². The van der Waals surface area contributed by atoms with Crippen LogP contribution in [0.2, 0.25) is 5.02 Å². The predicted molar refractivity (Wildman–Crippen MR) is 120 cm³/mol. The van der Waals surface area contributed by atoms with Gasteiger partial charge in [0, 0.05) is 11.9 Å². The molecular formula is C23H24ClN5O2. The van der Waals surface area contributed by atoms with Crippen LogP contribution in [0.1, 0.15) is 30.2 Å². The molecule has 1 saturated heterocycles. The molecule has 4 heterocycles. The van der Waals surface area contributed by atoms with Gasteiger partial charge in [-0.1, -0.05) is 23.7 Å². The van der Waals surface area contributed by atoms with E-state index in [1.54, 1.807) is 6.20 Å². The number of pyridine rings is 1. The highest BCUT2D eigenvalue weighted by Gasteiger charge is 2.26. The van der Waals surface area contributed by atoms with Crippen LogP contribution in [0.4, 0.5) is 17.5 Å². The maximum Gasteiger partial charge on any atom is 0.225 e. The van der Waals surface area contributed by atoms with Crippen LogP contribution in [0.5, 0.6) is 5.75 Å². The van der Waals surface area contributed by atoms with Crippen LogP contribution >= 0.6 is 11.6 Å². The highest BCUT2D eigenvalue weighted by atomic mass is 35.5. The lowest BCUT2D eigenvalue weighted by Gasteiger charge is -2.32. The SMILES string of the molecule is Cc1cc([C@@H]2CC[C@@H](Nc3ncc4c(n3)N(c3ccccc3Cl)CCO4)CO2)ccn1. The molecule has 2 aliphatic heterocycles. The lowest BCUT2D eigenvalue weighted by molar-refractivity contribution is 0.00794. The fraction of sp³-hybridized carbons (Fsp3) is 0.348. The van der Waals surface area contributed by atoms with Gasteiger partial charge in [-0.05, 0) is 49.6 Å². The summed E-state index contributed by atoms with van der Waals surface area (Å²) < 4.78 is 11.9. The summed E-state index contributed by atoms with van der Waals surface area (Å²) in [7, 11) is 0. The Morgan fingerprint density at radius 2 is 2.06 bits per heavy atom. The summed E-state index contributed by atoms with van der Waals surface area (Å²) in [4.78, 5) is 15.5. The van der Waals surface area contributed by atoms with Gasteiger partial charge in [0.25, 0.3) is 0 Å². The van der Waals surface area contributed by atoms with Crippen molar-refractivity contribution in [3.63, 3.8) is 0 Å². The van der Waals surface area contributed by atoms with Crippen molar-refractivity contribution in [2.24, 2.45) is 0 Å². The minimum atomic E-state index is 0.105. The van der Waals surface area contributed by atoms with E-state index in [2.05, 4.69) is 26.3 Å². The smallest absolute Gasteiger partial charge is 0.225 e. The van der Waals surface area contributed by atoms with Crippen molar-refractivity contribution in [2.45, 2.75) is 31.9 Å². The molecule has 2 aromatic heterocycles. The largest absolute Gasteiger partial charge is 0.486 e. The van der Waals surface area contributed by atoms with Crippen molar-refractivity contribution >= 4 is 29.1 Å². The Balaban J connectivity index is 1.29. The van der Waals surface area contributed by atoms with Gasteiger partial charge in [0.2, 0.25) is 5.95 Å². The van der Waals surface area contributed by atoms with Crippen molar-refractivity contribution in [3.05, 3.63) is 65.1 Å². The van der Waals surface area contributed by atoms with E-state index in [1.165, 1.54) is 5.56 Å². The van der Waals surface area contributed by atoms with Crippen LogP contribution in [0.15, 0.2) is 48.8 Å². The molecule has 1 N–H and O–H groups in total. The third kappa shape index (κ3) is 4.29. The first-order chi connectivity index (χ1) is 15.2. The first kappa shape index (κ1) is 20.0. The second-order valence-electron chi connectivity index (χ2n) is 7.80. The van der Waals surface area contributed by atoms with Gasteiger partial charge in [0.1, 0.15) is 6.61 Å². The molecule has 160 valence electrons. The summed E-state index contributed by atoms with van der Waals surface area (Å²) in [5.41, 5.74) is 3.10. The van der Waals surface area contributed by atoms with Crippen molar-refractivity contribution < 1.29 is 9.47 Å². The van der Waals surface area contributed by atoms with Crippen LogP contribution in [-0.4, -0.2) is 40.8 Å². The lowest BCUT2D eigenvalue weighted by atomic mass is 9.99. The van der Waals surface area contributed by atoms with Crippen LogP contribution in [0.3, 0.4) is 0 Å². The molecule has 5 rings (SSSR count). The van der Waals surface area contributed by atoms with E-state index in [0.29, 0.717) is 36.5 Å². The maximum absolute atomic E-state index is 6.43. The first-order valence-electron chi connectivity index (χ1n) is 10.5. The van der Waals surface area contributed by atoms with E-state index in [9.17, 15) is 0 Å². The van der Waals surface area contributed by atoms with Crippen LogP contribution < -0.4 is 15.0 Å². The van der Waals surface area contributed by atoms with Crippen molar-refractivity contribution in [3.8, 4) is 5.75 Å². The normalized spacial score (nSPS) is 20.6. The van der Waals surface area contributed by atoms with Gasteiger partial charge in [0.15, 0.2) is 11.6 Å². The molecule has 0 saturated carbocycles. The molecule has 2 aliphatic rings. The van der Waals surface area contributed by atoms with Crippen LogP contribution in [-0.2, 0) is 4.74 Å². The molecule has 31 heavy (non-hydrogen) atoms. The van der Waals surface area contributed by atoms with Crippen molar-refractivity contribution in [1.29, 1.82) is 0 Å². The predicted octanol–water partition coefficient (Wildman–Crippen LogP) is 4.70. The second kappa shape index (κ2) is 8.69.